The quantitative estimate of drug-likeness (QED) is 0.601. The molecule has 1 atom stereocenters. The molecule has 0 aliphatic heterocycles. The standard InChI is InChI=1S/C20H21N3O/c1-13(24)12-23-19-10-6-5-9-18(19)22-20(23)11-16-14(2)21-17-8-4-3-7-15(16)17/h3-10,13,21,24H,11-12H2,1-2H3. The van der Waals surface area contributed by atoms with Gasteiger partial charge < -0.3 is 14.7 Å². The fourth-order valence-electron chi connectivity index (χ4n) is 3.45. The molecule has 122 valence electrons. The zero-order valence-corrected chi connectivity index (χ0v) is 14.0. The largest absolute Gasteiger partial charge is 0.392 e. The van der Waals surface area contributed by atoms with Crippen LogP contribution in [-0.4, -0.2) is 25.7 Å². The number of aromatic nitrogens is 3. The topological polar surface area (TPSA) is 53.8 Å². The third-order valence-electron chi connectivity index (χ3n) is 4.54. The van der Waals surface area contributed by atoms with Crippen molar-refractivity contribution in [2.75, 3.05) is 0 Å². The molecule has 2 N–H and O–H groups in total. The van der Waals surface area contributed by atoms with Crippen LogP contribution in [0.25, 0.3) is 21.9 Å². The molecule has 0 radical (unpaired) electrons. The van der Waals surface area contributed by atoms with Crippen LogP contribution in [-0.2, 0) is 13.0 Å². The number of hydrogen-bond donors (Lipinski definition) is 2. The number of fused-ring (bicyclic) bond motifs is 2. The van der Waals surface area contributed by atoms with Crippen LogP contribution in [0.3, 0.4) is 0 Å². The second-order valence-corrected chi connectivity index (χ2v) is 6.43. The molecule has 2 heterocycles. The summed E-state index contributed by atoms with van der Waals surface area (Å²) in [6.07, 6.45) is 0.336. The number of hydrogen-bond acceptors (Lipinski definition) is 2. The van der Waals surface area contributed by atoms with Crippen molar-refractivity contribution in [1.29, 1.82) is 0 Å². The SMILES string of the molecule is Cc1[nH]c2ccccc2c1Cc1nc2ccccc2n1CC(C)O. The van der Waals surface area contributed by atoms with Crippen molar-refractivity contribution in [2.45, 2.75) is 32.9 Å². The van der Waals surface area contributed by atoms with Gasteiger partial charge in [-0.2, -0.15) is 0 Å². The maximum Gasteiger partial charge on any atom is 0.114 e. The zero-order chi connectivity index (χ0) is 16.7. The molecule has 0 bridgehead atoms. The lowest BCUT2D eigenvalue weighted by atomic mass is 10.1. The highest BCUT2D eigenvalue weighted by atomic mass is 16.3. The van der Waals surface area contributed by atoms with Crippen LogP contribution in [0.1, 0.15) is 24.0 Å². The molecule has 0 aliphatic carbocycles. The lowest BCUT2D eigenvalue weighted by Gasteiger charge is -2.11. The smallest absolute Gasteiger partial charge is 0.114 e. The number of nitrogens with one attached hydrogen (secondary N) is 1. The monoisotopic (exact) mass is 319 g/mol. The van der Waals surface area contributed by atoms with Crippen molar-refractivity contribution in [2.24, 2.45) is 0 Å². The molecule has 0 saturated carbocycles. The first kappa shape index (κ1) is 15.0. The van der Waals surface area contributed by atoms with Gasteiger partial charge in [0.05, 0.1) is 23.7 Å². The molecule has 4 rings (SSSR count). The minimum atomic E-state index is -0.412. The molecule has 2 aromatic heterocycles. The Kier molecular flexibility index (Phi) is 3.62. The van der Waals surface area contributed by atoms with E-state index in [4.69, 9.17) is 4.98 Å². The van der Waals surface area contributed by atoms with E-state index in [2.05, 4.69) is 40.7 Å². The molecular formula is C20H21N3O. The second-order valence-electron chi connectivity index (χ2n) is 6.43. The maximum atomic E-state index is 9.91. The van der Waals surface area contributed by atoms with E-state index in [0.29, 0.717) is 6.54 Å². The summed E-state index contributed by atoms with van der Waals surface area (Å²) in [6, 6.07) is 16.5. The van der Waals surface area contributed by atoms with Crippen molar-refractivity contribution >= 4 is 21.9 Å². The van der Waals surface area contributed by atoms with Crippen LogP contribution >= 0.6 is 0 Å². The number of nitrogens with zero attached hydrogens (tertiary/aromatic N) is 2. The van der Waals surface area contributed by atoms with Gasteiger partial charge in [-0.15, -0.1) is 0 Å². The van der Waals surface area contributed by atoms with Crippen LogP contribution in [0.4, 0.5) is 0 Å². The summed E-state index contributed by atoms with van der Waals surface area (Å²) in [5, 5.41) is 11.1. The van der Waals surface area contributed by atoms with Gasteiger partial charge in [-0.05, 0) is 37.6 Å². The van der Waals surface area contributed by atoms with E-state index in [-0.39, 0.29) is 0 Å². The molecule has 1 unspecified atom stereocenters. The van der Waals surface area contributed by atoms with Crippen molar-refractivity contribution in [1.82, 2.24) is 14.5 Å². The predicted molar refractivity (Wildman–Crippen MR) is 97.3 cm³/mol. The van der Waals surface area contributed by atoms with E-state index in [9.17, 15) is 5.11 Å². The van der Waals surface area contributed by atoms with Crippen LogP contribution in [0, 0.1) is 6.92 Å². The minimum absolute atomic E-state index is 0.412. The number of aryl methyl sites for hydroxylation is 1. The normalized spacial score (nSPS) is 13.0. The Morgan fingerprint density at radius 1 is 1.12 bits per heavy atom. The van der Waals surface area contributed by atoms with Gasteiger partial charge in [0.25, 0.3) is 0 Å². The van der Waals surface area contributed by atoms with E-state index in [1.807, 2.05) is 31.2 Å². The highest BCUT2D eigenvalue weighted by Gasteiger charge is 2.16. The molecule has 0 spiro atoms. The van der Waals surface area contributed by atoms with Gasteiger partial charge in [-0.3, -0.25) is 0 Å². The first-order valence-electron chi connectivity index (χ1n) is 8.32. The Morgan fingerprint density at radius 3 is 2.71 bits per heavy atom. The molecule has 4 nitrogen and oxygen atoms in total. The maximum absolute atomic E-state index is 9.91. The number of aliphatic hydroxyl groups excluding tert-OH is 1. The number of aromatic amines is 1. The lowest BCUT2D eigenvalue weighted by molar-refractivity contribution is 0.174. The number of benzene rings is 2. The molecule has 2 aromatic carbocycles. The molecule has 4 heteroatoms. The Labute approximate surface area is 140 Å². The van der Waals surface area contributed by atoms with Gasteiger partial charge in [0.1, 0.15) is 5.82 Å². The third kappa shape index (κ3) is 2.49. The number of para-hydroxylation sites is 3. The van der Waals surface area contributed by atoms with Gasteiger partial charge in [-0.25, -0.2) is 4.98 Å². The molecule has 0 amide bonds. The number of imidazole rings is 1. The van der Waals surface area contributed by atoms with Crippen molar-refractivity contribution in [3.05, 3.63) is 65.6 Å². The van der Waals surface area contributed by atoms with Gasteiger partial charge >= 0.3 is 0 Å². The fourth-order valence-corrected chi connectivity index (χ4v) is 3.45. The third-order valence-corrected chi connectivity index (χ3v) is 4.54. The molecule has 0 saturated heterocycles. The number of rotatable bonds is 4. The van der Waals surface area contributed by atoms with Crippen LogP contribution < -0.4 is 0 Å². The van der Waals surface area contributed by atoms with E-state index < -0.39 is 6.10 Å². The second kappa shape index (κ2) is 5.80. The molecule has 0 aliphatic rings. The summed E-state index contributed by atoms with van der Waals surface area (Å²) >= 11 is 0. The summed E-state index contributed by atoms with van der Waals surface area (Å²) in [6.45, 7) is 4.48. The summed E-state index contributed by atoms with van der Waals surface area (Å²) < 4.78 is 2.14. The molecular weight excluding hydrogens is 298 g/mol. The Bertz CT molecular complexity index is 1010. The summed E-state index contributed by atoms with van der Waals surface area (Å²) in [7, 11) is 0. The van der Waals surface area contributed by atoms with E-state index >= 15 is 0 Å². The van der Waals surface area contributed by atoms with Gasteiger partial charge in [0.2, 0.25) is 0 Å². The average molecular weight is 319 g/mol. The Balaban J connectivity index is 1.85. The van der Waals surface area contributed by atoms with Crippen molar-refractivity contribution in [3.63, 3.8) is 0 Å². The highest BCUT2D eigenvalue weighted by molar-refractivity contribution is 5.85. The lowest BCUT2D eigenvalue weighted by Crippen LogP contribution is -2.14. The molecule has 4 aromatic rings. The van der Waals surface area contributed by atoms with Gasteiger partial charge in [0, 0.05) is 23.0 Å². The molecule has 24 heavy (non-hydrogen) atoms. The van der Waals surface area contributed by atoms with E-state index in [1.165, 1.54) is 16.6 Å². The first-order chi connectivity index (χ1) is 11.6. The molecule has 0 fully saturated rings. The first-order valence-corrected chi connectivity index (χ1v) is 8.32. The van der Waals surface area contributed by atoms with Crippen molar-refractivity contribution in [3.8, 4) is 0 Å². The fraction of sp³-hybridized carbons (Fsp3) is 0.250. The highest BCUT2D eigenvalue weighted by Crippen LogP contribution is 2.26. The number of aliphatic hydroxyl groups is 1. The summed E-state index contributed by atoms with van der Waals surface area (Å²) in [5.74, 6) is 0.991. The van der Waals surface area contributed by atoms with Gasteiger partial charge in [-0.1, -0.05) is 30.3 Å². The average Bonchev–Trinajstić information content (AvgIpc) is 3.06. The Hall–Kier alpha value is -2.59. The van der Waals surface area contributed by atoms with Crippen LogP contribution in [0.5, 0.6) is 0 Å². The van der Waals surface area contributed by atoms with E-state index in [0.717, 1.165) is 28.8 Å². The van der Waals surface area contributed by atoms with Crippen LogP contribution in [0.15, 0.2) is 48.5 Å². The minimum Gasteiger partial charge on any atom is -0.392 e. The van der Waals surface area contributed by atoms with Gasteiger partial charge in [0.15, 0.2) is 0 Å². The Morgan fingerprint density at radius 2 is 1.88 bits per heavy atom. The van der Waals surface area contributed by atoms with E-state index in [1.54, 1.807) is 0 Å². The summed E-state index contributed by atoms with van der Waals surface area (Å²) in [4.78, 5) is 8.28. The summed E-state index contributed by atoms with van der Waals surface area (Å²) in [5.41, 5.74) is 5.65. The number of H-pyrrole nitrogens is 1. The van der Waals surface area contributed by atoms with Crippen LogP contribution in [0.2, 0.25) is 0 Å². The predicted octanol–water partition coefficient (Wildman–Crippen LogP) is 3.80. The zero-order valence-electron chi connectivity index (χ0n) is 14.0. The van der Waals surface area contributed by atoms with Crippen molar-refractivity contribution < 1.29 is 5.11 Å².